The van der Waals surface area contributed by atoms with Crippen LogP contribution in [0.3, 0.4) is 0 Å². The van der Waals surface area contributed by atoms with Crippen LogP contribution in [0.15, 0.2) is 67.7 Å². The summed E-state index contributed by atoms with van der Waals surface area (Å²) in [5, 5.41) is 15.4. The van der Waals surface area contributed by atoms with Crippen molar-refractivity contribution in [3.63, 3.8) is 0 Å². The molecule has 0 saturated carbocycles. The Morgan fingerprint density at radius 1 is 1.23 bits per heavy atom. The molecular weight excluding hydrogens is 494 g/mol. The maximum atomic E-state index is 12.5. The first-order valence-electron chi connectivity index (χ1n) is 8.37. The molecule has 3 aromatic rings. The molecule has 1 amide bonds. The molecule has 0 bridgehead atoms. The summed E-state index contributed by atoms with van der Waals surface area (Å²) in [6.07, 6.45) is 1.36. The fourth-order valence-electron chi connectivity index (χ4n) is 2.43. The van der Waals surface area contributed by atoms with Crippen molar-refractivity contribution >= 4 is 55.1 Å². The number of methoxy groups -OCH3 is 1. The van der Waals surface area contributed by atoms with E-state index in [2.05, 4.69) is 31.2 Å². The first kappa shape index (κ1) is 21.8. The van der Waals surface area contributed by atoms with Crippen LogP contribution >= 0.6 is 27.3 Å². The first-order valence-corrected chi connectivity index (χ1v) is 11.5. The van der Waals surface area contributed by atoms with E-state index in [4.69, 9.17) is 4.74 Å². The van der Waals surface area contributed by atoms with Crippen LogP contribution in [0, 0.1) is 0 Å². The molecule has 0 aliphatic rings. The maximum Gasteiger partial charge on any atom is 0.273 e. The van der Waals surface area contributed by atoms with E-state index in [9.17, 15) is 18.3 Å². The van der Waals surface area contributed by atoms with Crippen LogP contribution in [0.2, 0.25) is 0 Å². The number of anilines is 1. The van der Waals surface area contributed by atoms with Crippen molar-refractivity contribution in [1.29, 1.82) is 0 Å². The number of carbonyl (C=O) groups excluding carboxylic acids is 1. The number of nitrogens with zero attached hydrogens (tertiary/aromatic N) is 1. The number of benzene rings is 2. The molecule has 0 unspecified atom stereocenters. The quantitative estimate of drug-likeness (QED) is 0.330. The number of phenols is 1. The fourth-order valence-corrected chi connectivity index (χ4v) is 4.96. The van der Waals surface area contributed by atoms with Gasteiger partial charge in [-0.25, -0.2) is 13.8 Å². The molecule has 1 heterocycles. The lowest BCUT2D eigenvalue weighted by Crippen LogP contribution is -2.21. The number of para-hydroxylation sites is 1. The summed E-state index contributed by atoms with van der Waals surface area (Å²) in [5.74, 6) is -0.406. The molecule has 11 heteroatoms. The molecule has 0 atom stereocenters. The summed E-state index contributed by atoms with van der Waals surface area (Å²) in [5.41, 5.74) is 3.16. The molecule has 3 rings (SSSR count). The zero-order valence-corrected chi connectivity index (χ0v) is 18.7. The number of hydrogen-bond acceptors (Lipinski definition) is 7. The Bertz CT molecular complexity index is 1190. The number of nitrogens with one attached hydrogen (secondary N) is 2. The average Bonchev–Trinajstić information content (AvgIpc) is 3.26. The highest BCUT2D eigenvalue weighted by Gasteiger charge is 2.19. The molecule has 0 saturated heterocycles. The molecular formula is C19H16BrN3O5S2. The van der Waals surface area contributed by atoms with Gasteiger partial charge in [-0.05, 0) is 57.2 Å². The minimum absolute atomic E-state index is 0.0503. The van der Waals surface area contributed by atoms with Gasteiger partial charge >= 0.3 is 0 Å². The van der Waals surface area contributed by atoms with Crippen molar-refractivity contribution < 1.29 is 23.1 Å². The van der Waals surface area contributed by atoms with Gasteiger partial charge in [-0.15, -0.1) is 11.3 Å². The summed E-state index contributed by atoms with van der Waals surface area (Å²) in [4.78, 5) is 12.5. The third kappa shape index (κ3) is 4.99. The van der Waals surface area contributed by atoms with Crippen LogP contribution in [0.5, 0.6) is 11.5 Å². The Hall–Kier alpha value is -2.89. The lowest BCUT2D eigenvalue weighted by Gasteiger charge is -2.10. The summed E-state index contributed by atoms with van der Waals surface area (Å²) in [7, 11) is -2.38. The van der Waals surface area contributed by atoms with Crippen LogP contribution in [-0.2, 0) is 10.0 Å². The molecule has 0 fully saturated rings. The number of ether oxygens (including phenoxy) is 1. The van der Waals surface area contributed by atoms with Crippen molar-refractivity contribution in [2.45, 2.75) is 4.21 Å². The van der Waals surface area contributed by atoms with Gasteiger partial charge < -0.3 is 9.84 Å². The van der Waals surface area contributed by atoms with Gasteiger partial charge in [0.05, 0.1) is 29.0 Å². The van der Waals surface area contributed by atoms with Gasteiger partial charge in [0.2, 0.25) is 0 Å². The third-order valence-corrected chi connectivity index (χ3v) is 7.19. The number of halogens is 1. The second-order valence-corrected chi connectivity index (χ2v) is 9.55. The topological polar surface area (TPSA) is 117 Å². The maximum absolute atomic E-state index is 12.5. The van der Waals surface area contributed by atoms with E-state index in [1.165, 1.54) is 31.5 Å². The number of hydrogen-bond donors (Lipinski definition) is 3. The van der Waals surface area contributed by atoms with Crippen molar-refractivity contribution in [1.82, 2.24) is 5.43 Å². The zero-order chi connectivity index (χ0) is 21.7. The van der Waals surface area contributed by atoms with Crippen LogP contribution in [0.4, 0.5) is 5.69 Å². The standard InChI is InChI=1S/C19H16BrN3O5S2/c1-28-16-10-12(9-14(20)18(16)24)11-21-22-19(25)13-5-2-3-6-15(13)23-30(26,27)17-7-4-8-29-17/h2-11,23-24H,1H3,(H,22,25)/b21-11-. The van der Waals surface area contributed by atoms with E-state index in [0.717, 1.165) is 11.3 Å². The van der Waals surface area contributed by atoms with Gasteiger partial charge in [0.25, 0.3) is 15.9 Å². The highest BCUT2D eigenvalue weighted by molar-refractivity contribution is 9.10. The zero-order valence-electron chi connectivity index (χ0n) is 15.5. The van der Waals surface area contributed by atoms with Gasteiger partial charge in [0.1, 0.15) is 4.21 Å². The Kier molecular flexibility index (Phi) is 6.75. The van der Waals surface area contributed by atoms with Gasteiger partial charge in [0, 0.05) is 0 Å². The van der Waals surface area contributed by atoms with Crippen molar-refractivity contribution in [2.75, 3.05) is 11.8 Å². The molecule has 30 heavy (non-hydrogen) atoms. The molecule has 0 aliphatic carbocycles. The molecule has 3 N–H and O–H groups in total. The predicted molar refractivity (Wildman–Crippen MR) is 119 cm³/mol. The number of amides is 1. The third-order valence-electron chi connectivity index (χ3n) is 3.83. The highest BCUT2D eigenvalue weighted by atomic mass is 79.9. The molecule has 156 valence electrons. The van der Waals surface area contributed by atoms with Crippen molar-refractivity contribution in [3.8, 4) is 11.5 Å². The number of thiophene rings is 1. The van der Waals surface area contributed by atoms with Crippen LogP contribution in [-0.4, -0.2) is 32.8 Å². The molecule has 1 aromatic heterocycles. The van der Waals surface area contributed by atoms with E-state index < -0.39 is 15.9 Å². The smallest absolute Gasteiger partial charge is 0.273 e. The molecule has 2 aromatic carbocycles. The van der Waals surface area contributed by atoms with E-state index in [1.54, 1.807) is 35.7 Å². The second-order valence-electron chi connectivity index (χ2n) is 5.84. The summed E-state index contributed by atoms with van der Waals surface area (Å²) in [6.45, 7) is 0. The van der Waals surface area contributed by atoms with Gasteiger partial charge in [-0.2, -0.15) is 5.10 Å². The van der Waals surface area contributed by atoms with Crippen LogP contribution in [0.25, 0.3) is 0 Å². The van der Waals surface area contributed by atoms with Gasteiger partial charge in [-0.3, -0.25) is 9.52 Å². The molecule has 0 radical (unpaired) electrons. The number of hydrazone groups is 1. The SMILES string of the molecule is COc1cc(/C=N\NC(=O)c2ccccc2NS(=O)(=O)c2cccs2)cc(Br)c1O. The second kappa shape index (κ2) is 9.28. The largest absolute Gasteiger partial charge is 0.503 e. The first-order chi connectivity index (χ1) is 14.3. The monoisotopic (exact) mass is 509 g/mol. The summed E-state index contributed by atoms with van der Waals surface area (Å²) in [6, 6.07) is 12.4. The average molecular weight is 510 g/mol. The minimum Gasteiger partial charge on any atom is -0.503 e. The number of rotatable bonds is 7. The Labute approximate surface area is 185 Å². The minimum atomic E-state index is -3.80. The fraction of sp³-hybridized carbons (Fsp3) is 0.0526. The molecule has 0 spiro atoms. The highest BCUT2D eigenvalue weighted by Crippen LogP contribution is 2.34. The predicted octanol–water partition coefficient (Wildman–Crippen LogP) is 3.79. The van der Waals surface area contributed by atoms with E-state index in [-0.39, 0.29) is 27.0 Å². The number of sulfonamides is 1. The van der Waals surface area contributed by atoms with Gasteiger partial charge in [-0.1, -0.05) is 18.2 Å². The number of phenolic OH excluding ortho intramolecular Hbond substituents is 1. The Morgan fingerprint density at radius 2 is 2.00 bits per heavy atom. The molecule has 0 aliphatic heterocycles. The van der Waals surface area contributed by atoms with Crippen molar-refractivity contribution in [2.24, 2.45) is 5.10 Å². The lowest BCUT2D eigenvalue weighted by atomic mass is 10.2. The van der Waals surface area contributed by atoms with Crippen LogP contribution in [0.1, 0.15) is 15.9 Å². The van der Waals surface area contributed by atoms with E-state index >= 15 is 0 Å². The van der Waals surface area contributed by atoms with E-state index in [1.807, 2.05) is 0 Å². The van der Waals surface area contributed by atoms with E-state index in [0.29, 0.717) is 10.0 Å². The van der Waals surface area contributed by atoms with Crippen LogP contribution < -0.4 is 14.9 Å². The van der Waals surface area contributed by atoms with Gasteiger partial charge in [0.15, 0.2) is 11.5 Å². The Morgan fingerprint density at radius 3 is 2.70 bits per heavy atom. The summed E-state index contributed by atoms with van der Waals surface area (Å²) >= 11 is 4.28. The summed E-state index contributed by atoms with van der Waals surface area (Å²) < 4.78 is 33.0. The number of aromatic hydroxyl groups is 1. The lowest BCUT2D eigenvalue weighted by molar-refractivity contribution is 0.0956. The molecule has 8 nitrogen and oxygen atoms in total. The Balaban J connectivity index is 1.77. The number of carbonyl (C=O) groups is 1. The normalized spacial score (nSPS) is 11.4. The van der Waals surface area contributed by atoms with Crippen molar-refractivity contribution in [3.05, 3.63) is 69.5 Å².